The zero-order valence-electron chi connectivity index (χ0n) is 39.5. The number of allylic oxidation sites excluding steroid dienone is 2. The fourth-order valence-corrected chi connectivity index (χ4v) is 8.49. The molecule has 2 N–H and O–H groups in total. The lowest BCUT2D eigenvalue weighted by Gasteiger charge is -2.49. The fourth-order valence-electron chi connectivity index (χ4n) is 8.49. The number of nitrogens with zero attached hydrogens (tertiary/aromatic N) is 2. The highest BCUT2D eigenvalue weighted by atomic mass is 16.5. The number of carbonyl (C=O) groups is 3. The second-order valence-electron chi connectivity index (χ2n) is 18.1. The van der Waals surface area contributed by atoms with Crippen molar-refractivity contribution in [3.63, 3.8) is 0 Å². The van der Waals surface area contributed by atoms with Gasteiger partial charge in [0.15, 0.2) is 0 Å². The Kier molecular flexibility index (Phi) is 36.4. The van der Waals surface area contributed by atoms with E-state index < -0.39 is 5.54 Å². The Morgan fingerprint density at radius 3 is 1.58 bits per heavy atom. The van der Waals surface area contributed by atoms with E-state index >= 15 is 0 Å². The van der Waals surface area contributed by atoms with Crippen molar-refractivity contribution in [3.8, 4) is 0 Å². The number of aliphatic hydroxyl groups excluding tert-OH is 1. The minimum Gasteiger partial charge on any atom is -0.462 e. The summed E-state index contributed by atoms with van der Waals surface area (Å²) in [5.74, 6) is -0.158. The Labute approximate surface area is 365 Å². The van der Waals surface area contributed by atoms with E-state index in [-0.39, 0.29) is 30.5 Å². The van der Waals surface area contributed by atoms with E-state index in [2.05, 4.69) is 38.2 Å². The van der Waals surface area contributed by atoms with Crippen LogP contribution >= 0.6 is 0 Å². The topological polar surface area (TPSA) is 99.2 Å². The van der Waals surface area contributed by atoms with Crippen molar-refractivity contribution in [2.45, 2.75) is 257 Å². The Bertz CT molecular complexity index is 1010. The molecule has 2 amide bonds. The molecule has 0 aliphatic heterocycles. The summed E-state index contributed by atoms with van der Waals surface area (Å²) in [6.07, 6.45) is 43.2. The van der Waals surface area contributed by atoms with Gasteiger partial charge >= 0.3 is 5.97 Å². The molecular formula is C51H97N3O5. The number of amides is 2. The quantitative estimate of drug-likeness (QED) is 0.0361. The summed E-state index contributed by atoms with van der Waals surface area (Å²) in [5, 5.41) is 12.7. The standard InChI is InChI=1S/C51H97N3O5/c1-5-8-11-14-17-18-19-20-21-22-23-24-25-26-29-34-42-52-50(58)51(40-35-41-51)54(44-43-53(4)45-46-55)48(56)38-32-33-39-49(57)59-47(36-30-27-15-12-9-6-2)37-31-28-16-13-10-7-3/h20-21,47,55H,5-19,22-46H2,1-4H3,(H,52,58)/b21-20-. The molecule has 1 rings (SSSR count). The fraction of sp³-hybridized carbons (Fsp3) is 0.902. The van der Waals surface area contributed by atoms with E-state index in [0.717, 1.165) is 44.9 Å². The van der Waals surface area contributed by atoms with Gasteiger partial charge in [-0.1, -0.05) is 155 Å². The molecule has 1 aliphatic rings. The minimum atomic E-state index is -0.793. The Morgan fingerprint density at radius 2 is 1.08 bits per heavy atom. The van der Waals surface area contributed by atoms with Gasteiger partial charge in [0, 0.05) is 39.0 Å². The van der Waals surface area contributed by atoms with E-state index in [9.17, 15) is 19.5 Å². The Hall–Kier alpha value is -1.93. The second-order valence-corrected chi connectivity index (χ2v) is 18.1. The zero-order chi connectivity index (χ0) is 43.1. The highest BCUT2D eigenvalue weighted by Gasteiger charge is 2.50. The molecule has 0 aromatic rings. The third kappa shape index (κ3) is 28.3. The molecule has 1 aliphatic carbocycles. The van der Waals surface area contributed by atoms with Crippen LogP contribution in [-0.4, -0.2) is 84.2 Å². The van der Waals surface area contributed by atoms with Crippen LogP contribution in [0.15, 0.2) is 12.2 Å². The van der Waals surface area contributed by atoms with Gasteiger partial charge in [0.05, 0.1) is 6.61 Å². The van der Waals surface area contributed by atoms with Gasteiger partial charge < -0.3 is 25.0 Å². The van der Waals surface area contributed by atoms with Crippen LogP contribution in [0, 0.1) is 0 Å². The summed E-state index contributed by atoms with van der Waals surface area (Å²) >= 11 is 0. The molecule has 0 unspecified atom stereocenters. The zero-order valence-corrected chi connectivity index (χ0v) is 39.5. The number of nitrogens with one attached hydrogen (secondary N) is 1. The molecule has 59 heavy (non-hydrogen) atoms. The molecule has 0 bridgehead atoms. The maximum atomic E-state index is 13.9. The summed E-state index contributed by atoms with van der Waals surface area (Å²) in [6, 6.07) is 0. The van der Waals surface area contributed by atoms with Crippen LogP contribution in [-0.2, 0) is 19.1 Å². The summed E-state index contributed by atoms with van der Waals surface area (Å²) in [4.78, 5) is 44.6. The van der Waals surface area contributed by atoms with Crippen LogP contribution in [0.4, 0.5) is 0 Å². The van der Waals surface area contributed by atoms with Gasteiger partial charge in [0.2, 0.25) is 11.8 Å². The summed E-state index contributed by atoms with van der Waals surface area (Å²) in [5.41, 5.74) is -0.793. The highest BCUT2D eigenvalue weighted by molar-refractivity contribution is 5.92. The Balaban J connectivity index is 2.53. The van der Waals surface area contributed by atoms with Crippen molar-refractivity contribution in [1.29, 1.82) is 0 Å². The third-order valence-corrected chi connectivity index (χ3v) is 12.7. The lowest BCUT2D eigenvalue weighted by atomic mass is 9.74. The van der Waals surface area contributed by atoms with Crippen LogP contribution in [0.25, 0.3) is 0 Å². The number of aliphatic hydroxyl groups is 1. The van der Waals surface area contributed by atoms with E-state index in [1.54, 1.807) is 0 Å². The van der Waals surface area contributed by atoms with E-state index in [4.69, 9.17) is 4.74 Å². The van der Waals surface area contributed by atoms with Gasteiger partial charge in [0.25, 0.3) is 0 Å². The van der Waals surface area contributed by atoms with Gasteiger partial charge in [-0.15, -0.1) is 0 Å². The van der Waals surface area contributed by atoms with Crippen LogP contribution in [0.3, 0.4) is 0 Å². The summed E-state index contributed by atoms with van der Waals surface area (Å²) in [7, 11) is 1.94. The molecule has 1 fully saturated rings. The lowest BCUT2D eigenvalue weighted by molar-refractivity contribution is -0.154. The maximum Gasteiger partial charge on any atom is 0.306 e. The summed E-state index contributed by atoms with van der Waals surface area (Å²) in [6.45, 7) is 9.04. The molecule has 8 heteroatoms. The number of hydrogen-bond donors (Lipinski definition) is 2. The first-order chi connectivity index (χ1) is 28.8. The first-order valence-electron chi connectivity index (χ1n) is 25.6. The molecule has 0 aromatic carbocycles. The van der Waals surface area contributed by atoms with Gasteiger partial charge in [-0.3, -0.25) is 14.4 Å². The average Bonchev–Trinajstić information content (AvgIpc) is 3.20. The molecule has 0 aromatic heterocycles. The normalized spacial score (nSPS) is 13.7. The van der Waals surface area contributed by atoms with Crippen molar-refractivity contribution < 1.29 is 24.2 Å². The largest absolute Gasteiger partial charge is 0.462 e. The SMILES string of the molecule is CCCCCCCC/C=C\CCCCCCCCNC(=O)C1(N(CCN(C)CCO)C(=O)CCCCC(=O)OC(CCCCCCCC)CCCCCCCC)CCC1. The first-order valence-corrected chi connectivity index (χ1v) is 25.6. The minimum absolute atomic E-state index is 0.00161. The van der Waals surface area contributed by atoms with E-state index in [1.807, 2.05) is 16.8 Å². The van der Waals surface area contributed by atoms with Crippen molar-refractivity contribution in [1.82, 2.24) is 15.1 Å². The van der Waals surface area contributed by atoms with Gasteiger partial charge in [0.1, 0.15) is 11.6 Å². The van der Waals surface area contributed by atoms with Crippen molar-refractivity contribution >= 4 is 17.8 Å². The van der Waals surface area contributed by atoms with Crippen LogP contribution < -0.4 is 5.32 Å². The van der Waals surface area contributed by atoms with Crippen molar-refractivity contribution in [2.24, 2.45) is 0 Å². The molecule has 0 spiro atoms. The smallest absolute Gasteiger partial charge is 0.306 e. The second kappa shape index (κ2) is 39.0. The summed E-state index contributed by atoms with van der Waals surface area (Å²) < 4.78 is 6.05. The number of unbranched alkanes of at least 4 members (excludes halogenated alkanes) is 23. The molecule has 0 heterocycles. The first kappa shape index (κ1) is 55.1. The molecule has 346 valence electrons. The average molecular weight is 832 g/mol. The predicted molar refractivity (Wildman–Crippen MR) is 250 cm³/mol. The molecule has 0 atom stereocenters. The van der Waals surface area contributed by atoms with Crippen molar-refractivity contribution in [2.75, 3.05) is 39.8 Å². The number of likely N-dealkylation sites (N-methyl/N-ethyl adjacent to an activating group) is 1. The molecular weight excluding hydrogens is 735 g/mol. The van der Waals surface area contributed by atoms with Gasteiger partial charge in [-0.2, -0.15) is 0 Å². The molecule has 8 nitrogen and oxygen atoms in total. The number of hydrogen-bond acceptors (Lipinski definition) is 6. The highest BCUT2D eigenvalue weighted by Crippen LogP contribution is 2.39. The molecule has 0 radical (unpaired) electrons. The molecule has 1 saturated carbocycles. The van der Waals surface area contributed by atoms with Crippen molar-refractivity contribution in [3.05, 3.63) is 12.2 Å². The maximum absolute atomic E-state index is 13.9. The van der Waals surface area contributed by atoms with Crippen LogP contribution in [0.1, 0.15) is 245 Å². The van der Waals surface area contributed by atoms with E-state index in [0.29, 0.717) is 64.7 Å². The number of carbonyl (C=O) groups excluding carboxylic acids is 3. The number of rotatable bonds is 43. The monoisotopic (exact) mass is 832 g/mol. The lowest BCUT2D eigenvalue weighted by Crippen LogP contribution is -2.65. The number of ether oxygens (including phenoxy) is 1. The van der Waals surface area contributed by atoms with Gasteiger partial charge in [-0.25, -0.2) is 0 Å². The van der Waals surface area contributed by atoms with Crippen LogP contribution in [0.5, 0.6) is 0 Å². The van der Waals surface area contributed by atoms with Crippen LogP contribution in [0.2, 0.25) is 0 Å². The predicted octanol–water partition coefficient (Wildman–Crippen LogP) is 12.8. The van der Waals surface area contributed by atoms with E-state index in [1.165, 1.54) is 141 Å². The third-order valence-electron chi connectivity index (χ3n) is 12.7. The molecule has 0 saturated heterocycles. The Morgan fingerprint density at radius 1 is 0.610 bits per heavy atom. The van der Waals surface area contributed by atoms with Gasteiger partial charge in [-0.05, 0) is 96.9 Å². The number of esters is 1.